The average molecular weight is 267 g/mol. The third-order valence-corrected chi connectivity index (χ3v) is 2.44. The normalized spacial score (nSPS) is 10.3. The fourth-order valence-corrected chi connectivity index (χ4v) is 1.59. The van der Waals surface area contributed by atoms with Crippen LogP contribution in [-0.4, -0.2) is 24.2 Å². The van der Waals surface area contributed by atoms with Crippen LogP contribution in [0.2, 0.25) is 0 Å². The van der Waals surface area contributed by atoms with Gasteiger partial charge in [-0.25, -0.2) is 13.8 Å². The SMILES string of the molecule is COc1cc(F)c(-c2cc(OC)nc(N)n2)c(F)c1. The van der Waals surface area contributed by atoms with Crippen LogP contribution in [0.25, 0.3) is 11.3 Å². The van der Waals surface area contributed by atoms with Gasteiger partial charge in [0, 0.05) is 18.2 Å². The van der Waals surface area contributed by atoms with Crippen molar-refractivity contribution in [1.82, 2.24) is 9.97 Å². The highest BCUT2D eigenvalue weighted by atomic mass is 19.1. The number of anilines is 1. The van der Waals surface area contributed by atoms with E-state index in [4.69, 9.17) is 15.2 Å². The first-order chi connectivity index (χ1) is 9.05. The number of ether oxygens (including phenoxy) is 2. The van der Waals surface area contributed by atoms with Crippen LogP contribution in [0, 0.1) is 11.6 Å². The molecular weight excluding hydrogens is 256 g/mol. The molecule has 2 rings (SSSR count). The number of nitrogens with zero attached hydrogens (tertiary/aromatic N) is 2. The zero-order chi connectivity index (χ0) is 14.0. The maximum absolute atomic E-state index is 13.9. The lowest BCUT2D eigenvalue weighted by Gasteiger charge is -2.08. The van der Waals surface area contributed by atoms with Crippen molar-refractivity contribution in [3.63, 3.8) is 0 Å². The summed E-state index contributed by atoms with van der Waals surface area (Å²) in [5.74, 6) is -1.55. The lowest BCUT2D eigenvalue weighted by atomic mass is 10.1. The van der Waals surface area contributed by atoms with Crippen LogP contribution >= 0.6 is 0 Å². The number of nitrogens with two attached hydrogens (primary N) is 1. The minimum Gasteiger partial charge on any atom is -0.497 e. The van der Waals surface area contributed by atoms with Crippen molar-refractivity contribution >= 4 is 5.95 Å². The summed E-state index contributed by atoms with van der Waals surface area (Å²) in [4.78, 5) is 7.54. The van der Waals surface area contributed by atoms with Crippen molar-refractivity contribution in [2.75, 3.05) is 20.0 Å². The number of nitrogen functional groups attached to an aromatic ring is 1. The topological polar surface area (TPSA) is 70.3 Å². The van der Waals surface area contributed by atoms with Crippen molar-refractivity contribution in [2.24, 2.45) is 0 Å². The van der Waals surface area contributed by atoms with Crippen LogP contribution in [0.4, 0.5) is 14.7 Å². The molecule has 0 aliphatic rings. The molecule has 5 nitrogen and oxygen atoms in total. The zero-order valence-corrected chi connectivity index (χ0v) is 10.3. The van der Waals surface area contributed by atoms with Crippen LogP contribution in [0.15, 0.2) is 18.2 Å². The molecule has 7 heteroatoms. The van der Waals surface area contributed by atoms with E-state index in [1.54, 1.807) is 0 Å². The third-order valence-electron chi connectivity index (χ3n) is 2.44. The van der Waals surface area contributed by atoms with Crippen LogP contribution < -0.4 is 15.2 Å². The molecular formula is C12H11F2N3O2. The van der Waals surface area contributed by atoms with Crippen LogP contribution in [0.1, 0.15) is 0 Å². The molecule has 1 aromatic heterocycles. The predicted octanol–water partition coefficient (Wildman–Crippen LogP) is 2.02. The number of methoxy groups -OCH3 is 2. The van der Waals surface area contributed by atoms with Gasteiger partial charge in [0.05, 0.1) is 25.5 Å². The highest BCUT2D eigenvalue weighted by Crippen LogP contribution is 2.30. The zero-order valence-electron chi connectivity index (χ0n) is 10.3. The number of hydrogen-bond acceptors (Lipinski definition) is 5. The van der Waals surface area contributed by atoms with Gasteiger partial charge in [0.15, 0.2) is 0 Å². The number of halogens is 2. The molecule has 0 radical (unpaired) electrons. The van der Waals surface area contributed by atoms with Gasteiger partial charge < -0.3 is 15.2 Å². The Morgan fingerprint density at radius 3 is 2.16 bits per heavy atom. The summed E-state index contributed by atoms with van der Waals surface area (Å²) in [6, 6.07) is 3.41. The molecule has 0 spiro atoms. The molecule has 1 aromatic carbocycles. The maximum Gasteiger partial charge on any atom is 0.223 e. The molecule has 100 valence electrons. The second-order valence-corrected chi connectivity index (χ2v) is 3.62. The molecule has 1 heterocycles. The van der Waals surface area contributed by atoms with E-state index in [-0.39, 0.29) is 28.8 Å². The largest absolute Gasteiger partial charge is 0.497 e. The Hall–Kier alpha value is -2.44. The summed E-state index contributed by atoms with van der Waals surface area (Å²) in [7, 11) is 2.69. The molecule has 0 fully saturated rings. The van der Waals surface area contributed by atoms with Gasteiger partial charge >= 0.3 is 0 Å². The van der Waals surface area contributed by atoms with E-state index in [1.165, 1.54) is 20.3 Å². The highest BCUT2D eigenvalue weighted by molar-refractivity contribution is 5.64. The van der Waals surface area contributed by atoms with Gasteiger partial charge in [0.25, 0.3) is 0 Å². The quantitative estimate of drug-likeness (QED) is 0.921. The van der Waals surface area contributed by atoms with E-state index in [9.17, 15) is 8.78 Å². The first-order valence-corrected chi connectivity index (χ1v) is 5.27. The predicted molar refractivity (Wildman–Crippen MR) is 64.9 cm³/mol. The fraction of sp³-hybridized carbons (Fsp3) is 0.167. The summed E-state index contributed by atoms with van der Waals surface area (Å²) in [5, 5.41) is 0. The van der Waals surface area contributed by atoms with E-state index in [0.29, 0.717) is 0 Å². The molecule has 0 bridgehead atoms. The Balaban J connectivity index is 2.61. The summed E-state index contributed by atoms with van der Waals surface area (Å²) in [6.45, 7) is 0. The molecule has 2 N–H and O–H groups in total. The highest BCUT2D eigenvalue weighted by Gasteiger charge is 2.16. The Morgan fingerprint density at radius 1 is 1.00 bits per heavy atom. The van der Waals surface area contributed by atoms with Gasteiger partial charge in [-0.05, 0) is 0 Å². The molecule has 0 aliphatic carbocycles. The smallest absolute Gasteiger partial charge is 0.223 e. The second-order valence-electron chi connectivity index (χ2n) is 3.62. The Bertz CT molecular complexity index is 597. The van der Waals surface area contributed by atoms with Crippen molar-refractivity contribution in [2.45, 2.75) is 0 Å². The van der Waals surface area contributed by atoms with Crippen LogP contribution in [-0.2, 0) is 0 Å². The molecule has 0 atom stereocenters. The summed E-state index contributed by atoms with van der Waals surface area (Å²) in [6.07, 6.45) is 0. The standard InChI is InChI=1S/C12H11F2N3O2/c1-18-6-3-7(13)11(8(14)4-6)9-5-10(19-2)17-12(15)16-9/h3-5H,1-2H3,(H2,15,16,17). The number of benzene rings is 1. The van der Waals surface area contributed by atoms with Gasteiger partial charge in [-0.15, -0.1) is 0 Å². The van der Waals surface area contributed by atoms with Crippen molar-refractivity contribution < 1.29 is 18.3 Å². The summed E-state index contributed by atoms with van der Waals surface area (Å²) < 4.78 is 37.4. The number of rotatable bonds is 3. The molecule has 19 heavy (non-hydrogen) atoms. The van der Waals surface area contributed by atoms with Crippen LogP contribution in [0.3, 0.4) is 0 Å². The average Bonchev–Trinajstić information content (AvgIpc) is 2.37. The van der Waals surface area contributed by atoms with E-state index in [1.807, 2.05) is 0 Å². The monoisotopic (exact) mass is 267 g/mol. The Labute approximate surface area is 108 Å². The van der Waals surface area contributed by atoms with Crippen molar-refractivity contribution in [1.29, 1.82) is 0 Å². The number of aromatic nitrogens is 2. The van der Waals surface area contributed by atoms with E-state index in [0.717, 1.165) is 12.1 Å². The summed E-state index contributed by atoms with van der Waals surface area (Å²) >= 11 is 0. The molecule has 0 saturated heterocycles. The molecule has 0 saturated carbocycles. The van der Waals surface area contributed by atoms with Crippen molar-refractivity contribution in [3.8, 4) is 22.9 Å². The molecule has 0 amide bonds. The Kier molecular flexibility index (Phi) is 3.46. The third kappa shape index (κ3) is 2.54. The van der Waals surface area contributed by atoms with Gasteiger partial charge in [0.2, 0.25) is 11.8 Å². The van der Waals surface area contributed by atoms with Gasteiger partial charge in [-0.1, -0.05) is 0 Å². The molecule has 0 unspecified atom stereocenters. The fourth-order valence-electron chi connectivity index (χ4n) is 1.59. The minimum absolute atomic E-state index is 0.00185. The van der Waals surface area contributed by atoms with Gasteiger partial charge in [-0.3, -0.25) is 0 Å². The number of hydrogen-bond donors (Lipinski definition) is 1. The van der Waals surface area contributed by atoms with Crippen LogP contribution in [0.5, 0.6) is 11.6 Å². The van der Waals surface area contributed by atoms with E-state index in [2.05, 4.69) is 9.97 Å². The minimum atomic E-state index is -0.808. The van der Waals surface area contributed by atoms with Crippen molar-refractivity contribution in [3.05, 3.63) is 29.8 Å². The first-order valence-electron chi connectivity index (χ1n) is 5.27. The lowest BCUT2D eigenvalue weighted by Crippen LogP contribution is -2.01. The second kappa shape index (κ2) is 5.05. The summed E-state index contributed by atoms with van der Waals surface area (Å²) in [5.41, 5.74) is 5.15. The molecule has 0 aliphatic heterocycles. The van der Waals surface area contributed by atoms with Gasteiger partial charge in [0.1, 0.15) is 17.4 Å². The van der Waals surface area contributed by atoms with Gasteiger partial charge in [-0.2, -0.15) is 4.98 Å². The maximum atomic E-state index is 13.9. The van der Waals surface area contributed by atoms with E-state index >= 15 is 0 Å². The molecule has 2 aromatic rings. The first kappa shape index (κ1) is 13.0. The Morgan fingerprint density at radius 2 is 1.63 bits per heavy atom. The lowest BCUT2D eigenvalue weighted by molar-refractivity contribution is 0.398. The van der Waals surface area contributed by atoms with E-state index < -0.39 is 11.6 Å².